The predicted octanol–water partition coefficient (Wildman–Crippen LogP) is 5.37. The Balaban J connectivity index is 3.60. The van der Waals surface area contributed by atoms with Gasteiger partial charge in [0.15, 0.2) is 0 Å². The molecule has 0 rings (SSSR count). The van der Waals surface area contributed by atoms with E-state index in [0.717, 1.165) is 12.8 Å². The van der Waals surface area contributed by atoms with Gasteiger partial charge >= 0.3 is 0 Å². The Morgan fingerprint density at radius 1 is 0.500 bits per heavy atom. The lowest BCUT2D eigenvalue weighted by molar-refractivity contribution is 0.959. The van der Waals surface area contributed by atoms with Crippen molar-refractivity contribution in [1.82, 2.24) is 0 Å². The lowest BCUT2D eigenvalue weighted by Gasteiger charge is -1.80. The second kappa shape index (κ2) is 13.7. The molecular formula is C16H24. The molecule has 0 heterocycles. The van der Waals surface area contributed by atoms with Gasteiger partial charge in [0, 0.05) is 0 Å². The van der Waals surface area contributed by atoms with Crippen molar-refractivity contribution in [2.24, 2.45) is 0 Å². The van der Waals surface area contributed by atoms with Crippen molar-refractivity contribution in [3.8, 4) is 0 Å². The minimum atomic E-state index is 1.16. The second-order valence-corrected chi connectivity index (χ2v) is 3.59. The first kappa shape index (κ1) is 14.7. The number of unbranched alkanes of at least 4 members (excludes halogenated alkanes) is 2. The van der Waals surface area contributed by atoms with E-state index in [0.29, 0.717) is 0 Å². The van der Waals surface area contributed by atoms with Crippen molar-refractivity contribution in [3.05, 3.63) is 60.8 Å². The predicted molar refractivity (Wildman–Crippen MR) is 75.5 cm³/mol. The molecule has 0 radical (unpaired) electrons. The van der Waals surface area contributed by atoms with Crippen LogP contribution in [0, 0.1) is 0 Å². The van der Waals surface area contributed by atoms with Crippen LogP contribution in [-0.4, -0.2) is 0 Å². The fourth-order valence-corrected chi connectivity index (χ4v) is 1.07. The van der Waals surface area contributed by atoms with E-state index in [1.807, 2.05) is 24.3 Å². The van der Waals surface area contributed by atoms with Crippen molar-refractivity contribution in [1.29, 1.82) is 0 Å². The van der Waals surface area contributed by atoms with Crippen LogP contribution < -0.4 is 0 Å². The fourth-order valence-electron chi connectivity index (χ4n) is 1.07. The van der Waals surface area contributed by atoms with Crippen LogP contribution in [0.25, 0.3) is 0 Å². The zero-order chi connectivity index (χ0) is 11.9. The van der Waals surface area contributed by atoms with Crippen LogP contribution >= 0.6 is 0 Å². The maximum atomic E-state index is 2.19. The van der Waals surface area contributed by atoms with E-state index >= 15 is 0 Å². The Bertz CT molecular complexity index is 234. The second-order valence-electron chi connectivity index (χ2n) is 3.59. The summed E-state index contributed by atoms with van der Waals surface area (Å²) in [5.74, 6) is 0. The molecule has 0 heteroatoms. The Morgan fingerprint density at radius 3 is 1.12 bits per heavy atom. The van der Waals surface area contributed by atoms with Gasteiger partial charge in [0.25, 0.3) is 0 Å². The maximum Gasteiger partial charge on any atom is -0.0350 e. The maximum absolute atomic E-state index is 2.19. The van der Waals surface area contributed by atoms with Gasteiger partial charge in [0.2, 0.25) is 0 Å². The molecule has 0 bridgehead atoms. The van der Waals surface area contributed by atoms with Crippen molar-refractivity contribution < 1.29 is 0 Å². The molecule has 0 aliphatic carbocycles. The molecule has 0 aromatic carbocycles. The SMILES string of the molecule is CCCC=CC=CC=CC=CC=CCCC. The van der Waals surface area contributed by atoms with E-state index in [2.05, 4.69) is 50.3 Å². The van der Waals surface area contributed by atoms with Crippen molar-refractivity contribution in [2.75, 3.05) is 0 Å². The third-order valence-corrected chi connectivity index (χ3v) is 1.96. The summed E-state index contributed by atoms with van der Waals surface area (Å²) in [6.45, 7) is 4.37. The van der Waals surface area contributed by atoms with Crippen LogP contribution in [0.1, 0.15) is 39.5 Å². The van der Waals surface area contributed by atoms with Crippen molar-refractivity contribution >= 4 is 0 Å². The van der Waals surface area contributed by atoms with Gasteiger partial charge in [0.1, 0.15) is 0 Å². The smallest absolute Gasteiger partial charge is 0.0350 e. The van der Waals surface area contributed by atoms with E-state index in [-0.39, 0.29) is 0 Å². The van der Waals surface area contributed by atoms with Gasteiger partial charge in [0.05, 0.1) is 0 Å². The van der Waals surface area contributed by atoms with Gasteiger partial charge in [-0.15, -0.1) is 0 Å². The largest absolute Gasteiger partial charge is 0.0845 e. The first-order chi connectivity index (χ1) is 7.91. The van der Waals surface area contributed by atoms with Gasteiger partial charge in [-0.3, -0.25) is 0 Å². The molecule has 0 fully saturated rings. The third kappa shape index (κ3) is 12.7. The lowest BCUT2D eigenvalue weighted by atomic mass is 10.3. The molecule has 0 unspecified atom stereocenters. The highest BCUT2D eigenvalue weighted by Gasteiger charge is 1.69. The van der Waals surface area contributed by atoms with Gasteiger partial charge < -0.3 is 0 Å². The summed E-state index contributed by atoms with van der Waals surface area (Å²) in [4.78, 5) is 0. The average molecular weight is 216 g/mol. The molecule has 88 valence electrons. The van der Waals surface area contributed by atoms with Crippen LogP contribution in [0.15, 0.2) is 60.8 Å². The standard InChI is InChI=1S/C16H24/c1-3-5-7-9-11-13-15-16-14-12-10-8-6-4-2/h7-16H,3-6H2,1-2H3. The molecule has 0 saturated carbocycles. The van der Waals surface area contributed by atoms with Crippen LogP contribution in [0.4, 0.5) is 0 Å². The molecule has 0 saturated heterocycles. The molecule has 0 aliphatic heterocycles. The minimum absolute atomic E-state index is 1.16. The summed E-state index contributed by atoms with van der Waals surface area (Å²) < 4.78 is 0. The highest BCUT2D eigenvalue weighted by Crippen LogP contribution is 1.90. The van der Waals surface area contributed by atoms with E-state index in [1.165, 1.54) is 12.8 Å². The number of rotatable bonds is 8. The summed E-state index contributed by atoms with van der Waals surface area (Å²) in [5, 5.41) is 0. The number of allylic oxidation sites excluding steroid dienone is 10. The lowest BCUT2D eigenvalue weighted by Crippen LogP contribution is -1.59. The summed E-state index contributed by atoms with van der Waals surface area (Å²) in [6, 6.07) is 0. The zero-order valence-corrected chi connectivity index (χ0v) is 10.6. The first-order valence-corrected chi connectivity index (χ1v) is 6.23. The molecule has 16 heavy (non-hydrogen) atoms. The summed E-state index contributed by atoms with van der Waals surface area (Å²) in [6.07, 6.45) is 25.6. The number of hydrogen-bond acceptors (Lipinski definition) is 0. The van der Waals surface area contributed by atoms with E-state index < -0.39 is 0 Å². The number of hydrogen-bond donors (Lipinski definition) is 0. The monoisotopic (exact) mass is 216 g/mol. The summed E-state index contributed by atoms with van der Waals surface area (Å²) >= 11 is 0. The first-order valence-electron chi connectivity index (χ1n) is 6.23. The Hall–Kier alpha value is -1.30. The molecular weight excluding hydrogens is 192 g/mol. The molecule has 0 aromatic heterocycles. The van der Waals surface area contributed by atoms with Crippen LogP contribution in [0.3, 0.4) is 0 Å². The van der Waals surface area contributed by atoms with Gasteiger partial charge in [-0.05, 0) is 12.8 Å². The fraction of sp³-hybridized carbons (Fsp3) is 0.375. The van der Waals surface area contributed by atoms with Crippen molar-refractivity contribution in [2.45, 2.75) is 39.5 Å². The zero-order valence-electron chi connectivity index (χ0n) is 10.6. The van der Waals surface area contributed by atoms with Crippen LogP contribution in [0.5, 0.6) is 0 Å². The van der Waals surface area contributed by atoms with Crippen molar-refractivity contribution in [3.63, 3.8) is 0 Å². The van der Waals surface area contributed by atoms with Gasteiger partial charge in [-0.2, -0.15) is 0 Å². The summed E-state index contributed by atoms with van der Waals surface area (Å²) in [5.41, 5.74) is 0. The molecule has 0 spiro atoms. The molecule has 0 aromatic rings. The Labute approximate surface area is 101 Å². The van der Waals surface area contributed by atoms with E-state index in [4.69, 9.17) is 0 Å². The topological polar surface area (TPSA) is 0 Å². The Kier molecular flexibility index (Phi) is 12.6. The average Bonchev–Trinajstić information content (AvgIpc) is 2.31. The normalized spacial score (nSPS) is 13.4. The highest BCUT2D eigenvalue weighted by atomic mass is 13.8. The highest BCUT2D eigenvalue weighted by molar-refractivity contribution is 5.17. The molecule has 0 amide bonds. The van der Waals surface area contributed by atoms with Crippen LogP contribution in [-0.2, 0) is 0 Å². The Morgan fingerprint density at radius 2 is 0.812 bits per heavy atom. The van der Waals surface area contributed by atoms with E-state index in [1.54, 1.807) is 0 Å². The molecule has 0 aliphatic rings. The van der Waals surface area contributed by atoms with Gasteiger partial charge in [-0.25, -0.2) is 0 Å². The minimum Gasteiger partial charge on any atom is -0.0845 e. The summed E-state index contributed by atoms with van der Waals surface area (Å²) in [7, 11) is 0. The molecule has 0 N–H and O–H groups in total. The molecule has 0 nitrogen and oxygen atoms in total. The van der Waals surface area contributed by atoms with Crippen LogP contribution in [0.2, 0.25) is 0 Å². The van der Waals surface area contributed by atoms with E-state index in [9.17, 15) is 0 Å². The van der Waals surface area contributed by atoms with Gasteiger partial charge in [-0.1, -0.05) is 87.4 Å². The quantitative estimate of drug-likeness (QED) is 0.479. The molecule has 0 atom stereocenters. The third-order valence-electron chi connectivity index (χ3n) is 1.96.